The molecule has 0 amide bonds. The van der Waals surface area contributed by atoms with Crippen LogP contribution < -0.4 is 0 Å². The Morgan fingerprint density at radius 2 is 1.23 bits per heavy atom. The van der Waals surface area contributed by atoms with Crippen molar-refractivity contribution in [2.45, 2.75) is 41.0 Å². The SMILES string of the molecule is C/C=C(C)\C=C/Cc1c2ccccc2c(-c2c(C)cc(C)cc2C)c2ccccc12. The Kier molecular flexibility index (Phi) is 5.59. The van der Waals surface area contributed by atoms with Crippen molar-refractivity contribution < 1.29 is 0 Å². The molecule has 0 aliphatic carbocycles. The average Bonchev–Trinajstić information content (AvgIpc) is 2.74. The van der Waals surface area contributed by atoms with Crippen LogP contribution in [-0.2, 0) is 6.42 Å². The van der Waals surface area contributed by atoms with Crippen molar-refractivity contribution in [2.24, 2.45) is 0 Å². The number of benzene rings is 4. The van der Waals surface area contributed by atoms with E-state index < -0.39 is 0 Å². The van der Waals surface area contributed by atoms with Gasteiger partial charge in [0.05, 0.1) is 0 Å². The molecule has 0 saturated heterocycles. The number of aryl methyl sites for hydroxylation is 3. The maximum Gasteiger partial charge on any atom is -0.00213 e. The van der Waals surface area contributed by atoms with Gasteiger partial charge in [-0.25, -0.2) is 0 Å². The summed E-state index contributed by atoms with van der Waals surface area (Å²) >= 11 is 0. The minimum atomic E-state index is 0.929. The second-order valence-electron chi connectivity index (χ2n) is 8.36. The number of rotatable bonds is 4. The third kappa shape index (κ3) is 3.59. The molecule has 4 aromatic rings. The van der Waals surface area contributed by atoms with Gasteiger partial charge in [-0.15, -0.1) is 0 Å². The van der Waals surface area contributed by atoms with Gasteiger partial charge in [0.1, 0.15) is 0 Å². The highest BCUT2D eigenvalue weighted by atomic mass is 14.2. The van der Waals surface area contributed by atoms with Crippen molar-refractivity contribution in [3.05, 3.63) is 107 Å². The maximum absolute atomic E-state index is 2.31. The van der Waals surface area contributed by atoms with Crippen LogP contribution in [0.15, 0.2) is 84.5 Å². The van der Waals surface area contributed by atoms with Gasteiger partial charge in [0.15, 0.2) is 0 Å². The van der Waals surface area contributed by atoms with E-state index in [0.717, 1.165) is 6.42 Å². The van der Waals surface area contributed by atoms with Crippen LogP contribution >= 0.6 is 0 Å². The van der Waals surface area contributed by atoms with Crippen molar-refractivity contribution >= 4 is 21.5 Å². The van der Waals surface area contributed by atoms with Crippen molar-refractivity contribution in [3.63, 3.8) is 0 Å². The monoisotopic (exact) mass is 390 g/mol. The van der Waals surface area contributed by atoms with E-state index in [1.807, 2.05) is 0 Å². The molecule has 4 aromatic carbocycles. The summed E-state index contributed by atoms with van der Waals surface area (Å²) in [6.07, 6.45) is 7.61. The molecule has 0 N–H and O–H groups in total. The Morgan fingerprint density at radius 3 is 1.73 bits per heavy atom. The molecule has 0 heterocycles. The van der Waals surface area contributed by atoms with Gasteiger partial charge in [-0.2, -0.15) is 0 Å². The molecular formula is C30H30. The molecule has 150 valence electrons. The summed E-state index contributed by atoms with van der Waals surface area (Å²) in [6, 6.07) is 22.4. The zero-order chi connectivity index (χ0) is 21.3. The van der Waals surface area contributed by atoms with Gasteiger partial charge in [0.25, 0.3) is 0 Å². The number of allylic oxidation sites excluding steroid dienone is 4. The van der Waals surface area contributed by atoms with E-state index in [1.165, 1.54) is 60.5 Å². The topological polar surface area (TPSA) is 0 Å². The van der Waals surface area contributed by atoms with Gasteiger partial charge in [-0.05, 0) is 90.4 Å². The predicted octanol–water partition coefficient (Wildman–Crippen LogP) is 8.65. The van der Waals surface area contributed by atoms with Gasteiger partial charge in [-0.1, -0.05) is 90.0 Å². The molecule has 0 unspecified atom stereocenters. The number of hydrogen-bond donors (Lipinski definition) is 0. The van der Waals surface area contributed by atoms with Gasteiger partial charge in [0.2, 0.25) is 0 Å². The molecule has 0 radical (unpaired) electrons. The van der Waals surface area contributed by atoms with Crippen molar-refractivity contribution in [2.75, 3.05) is 0 Å². The van der Waals surface area contributed by atoms with Crippen molar-refractivity contribution in [3.8, 4) is 11.1 Å². The molecule has 0 aromatic heterocycles. The van der Waals surface area contributed by atoms with E-state index in [9.17, 15) is 0 Å². The highest BCUT2D eigenvalue weighted by molar-refractivity contribution is 6.15. The largest absolute Gasteiger partial charge is 0.0847 e. The van der Waals surface area contributed by atoms with Gasteiger partial charge >= 0.3 is 0 Å². The van der Waals surface area contributed by atoms with Gasteiger partial charge in [-0.3, -0.25) is 0 Å². The summed E-state index contributed by atoms with van der Waals surface area (Å²) < 4.78 is 0. The van der Waals surface area contributed by atoms with Gasteiger partial charge < -0.3 is 0 Å². The second-order valence-corrected chi connectivity index (χ2v) is 8.36. The predicted molar refractivity (Wildman–Crippen MR) is 133 cm³/mol. The summed E-state index contributed by atoms with van der Waals surface area (Å²) in [5, 5.41) is 5.40. The van der Waals surface area contributed by atoms with Crippen molar-refractivity contribution in [1.29, 1.82) is 0 Å². The van der Waals surface area contributed by atoms with Crippen LogP contribution in [0.5, 0.6) is 0 Å². The van der Waals surface area contributed by atoms with Crippen LogP contribution in [0.3, 0.4) is 0 Å². The molecule has 0 aliphatic rings. The van der Waals surface area contributed by atoms with Crippen LogP contribution in [0.2, 0.25) is 0 Å². The van der Waals surface area contributed by atoms with Crippen molar-refractivity contribution in [1.82, 2.24) is 0 Å². The van der Waals surface area contributed by atoms with E-state index in [0.29, 0.717) is 0 Å². The summed E-state index contributed by atoms with van der Waals surface area (Å²) in [6.45, 7) is 10.9. The van der Waals surface area contributed by atoms with Crippen LogP contribution in [0.25, 0.3) is 32.7 Å². The fraction of sp³-hybridized carbons (Fsp3) is 0.200. The lowest BCUT2D eigenvalue weighted by atomic mass is 9.84. The van der Waals surface area contributed by atoms with Gasteiger partial charge in [0, 0.05) is 0 Å². The van der Waals surface area contributed by atoms with E-state index in [4.69, 9.17) is 0 Å². The Balaban J connectivity index is 2.09. The lowest BCUT2D eigenvalue weighted by molar-refractivity contribution is 1.30. The molecule has 0 saturated carbocycles. The summed E-state index contributed by atoms with van der Waals surface area (Å²) in [5.74, 6) is 0. The molecule has 0 aliphatic heterocycles. The Labute approximate surface area is 180 Å². The highest BCUT2D eigenvalue weighted by Crippen LogP contribution is 2.42. The standard InChI is InChI=1S/C30H30/c1-6-20(2)12-11-17-24-25-13-7-9-15-27(25)30(28-16-10-8-14-26(24)28)29-22(4)18-21(3)19-23(29)5/h6-16,18-19H,17H2,1-5H3/b12-11-,20-6-. The Morgan fingerprint density at radius 1 is 0.733 bits per heavy atom. The maximum atomic E-state index is 2.31. The fourth-order valence-electron chi connectivity index (χ4n) is 4.74. The van der Waals surface area contributed by atoms with E-state index in [1.54, 1.807) is 0 Å². The summed E-state index contributed by atoms with van der Waals surface area (Å²) in [5.41, 5.74) is 9.47. The smallest absolute Gasteiger partial charge is 0.00213 e. The fourth-order valence-corrected chi connectivity index (χ4v) is 4.74. The molecule has 0 atom stereocenters. The van der Waals surface area contributed by atoms with E-state index >= 15 is 0 Å². The van der Waals surface area contributed by atoms with Crippen LogP contribution in [-0.4, -0.2) is 0 Å². The molecule has 0 fully saturated rings. The van der Waals surface area contributed by atoms with E-state index in [2.05, 4.69) is 114 Å². The zero-order valence-electron chi connectivity index (χ0n) is 18.7. The third-order valence-electron chi connectivity index (χ3n) is 6.13. The molecule has 30 heavy (non-hydrogen) atoms. The normalized spacial score (nSPS) is 12.4. The average molecular weight is 391 g/mol. The lowest BCUT2D eigenvalue weighted by Gasteiger charge is -2.20. The highest BCUT2D eigenvalue weighted by Gasteiger charge is 2.17. The van der Waals surface area contributed by atoms with E-state index in [-0.39, 0.29) is 0 Å². The third-order valence-corrected chi connectivity index (χ3v) is 6.13. The quantitative estimate of drug-likeness (QED) is 0.241. The summed E-state index contributed by atoms with van der Waals surface area (Å²) in [4.78, 5) is 0. The molecular weight excluding hydrogens is 360 g/mol. The minimum absolute atomic E-state index is 0.929. The Bertz CT molecular complexity index is 1220. The minimum Gasteiger partial charge on any atom is -0.0847 e. The summed E-state index contributed by atoms with van der Waals surface area (Å²) in [7, 11) is 0. The van der Waals surface area contributed by atoms with Crippen LogP contribution in [0, 0.1) is 20.8 Å². The van der Waals surface area contributed by atoms with Crippen LogP contribution in [0.1, 0.15) is 36.1 Å². The number of fused-ring (bicyclic) bond motifs is 2. The first-order valence-corrected chi connectivity index (χ1v) is 10.8. The lowest BCUT2D eigenvalue weighted by Crippen LogP contribution is -1.96. The molecule has 0 nitrogen and oxygen atoms in total. The first-order chi connectivity index (χ1) is 14.5. The Hall–Kier alpha value is -3.12. The molecule has 0 spiro atoms. The first kappa shape index (κ1) is 20.2. The molecule has 0 bridgehead atoms. The molecule has 4 rings (SSSR count). The van der Waals surface area contributed by atoms with Crippen LogP contribution in [0.4, 0.5) is 0 Å². The number of hydrogen-bond acceptors (Lipinski definition) is 0. The zero-order valence-corrected chi connectivity index (χ0v) is 18.7. The second kappa shape index (κ2) is 8.32. The molecule has 0 heteroatoms. The first-order valence-electron chi connectivity index (χ1n) is 10.8.